The summed E-state index contributed by atoms with van der Waals surface area (Å²) in [5.74, 6) is 1.77. The Labute approximate surface area is 235 Å². The first kappa shape index (κ1) is 27.9. The molecule has 2 aliphatic carbocycles. The number of aromatic nitrogens is 2. The zero-order valence-electron chi connectivity index (χ0n) is 23.3. The van der Waals surface area contributed by atoms with Crippen LogP contribution in [0, 0.1) is 23.2 Å². The van der Waals surface area contributed by atoms with Gasteiger partial charge < -0.3 is 20.6 Å². The van der Waals surface area contributed by atoms with Crippen LogP contribution in [0.2, 0.25) is 0 Å². The Morgan fingerprint density at radius 2 is 1.95 bits per heavy atom. The second-order valence-electron chi connectivity index (χ2n) is 11.7. The topological polar surface area (TPSA) is 126 Å². The highest BCUT2D eigenvalue weighted by atomic mass is 19.1. The molecule has 9 nitrogen and oxygen atoms in total. The predicted molar refractivity (Wildman–Crippen MR) is 156 cm³/mol. The smallest absolute Gasteiger partial charge is 0.410 e. The Bertz CT molecular complexity index is 1240. The number of carbonyl (C=O) groups is 1. The summed E-state index contributed by atoms with van der Waals surface area (Å²) >= 11 is 0. The van der Waals surface area contributed by atoms with E-state index in [1.165, 1.54) is 6.42 Å². The fraction of sp³-hybridized carbons (Fsp3) is 0.533. The first-order valence-corrected chi connectivity index (χ1v) is 14.3. The van der Waals surface area contributed by atoms with Crippen LogP contribution in [-0.4, -0.2) is 45.8 Å². The van der Waals surface area contributed by atoms with Gasteiger partial charge in [0, 0.05) is 12.6 Å². The van der Waals surface area contributed by atoms with Gasteiger partial charge in [0.15, 0.2) is 29.0 Å². The number of alkyl halides is 1. The highest BCUT2D eigenvalue weighted by Crippen LogP contribution is 2.47. The van der Waals surface area contributed by atoms with Gasteiger partial charge in [-0.2, -0.15) is 0 Å². The number of carboxylic acid groups (broad SMARTS) is 1. The van der Waals surface area contributed by atoms with Crippen LogP contribution >= 0.6 is 0 Å². The average molecular weight is 550 g/mol. The van der Waals surface area contributed by atoms with Gasteiger partial charge in [-0.25, -0.2) is 19.2 Å². The van der Waals surface area contributed by atoms with Gasteiger partial charge in [-0.15, -0.1) is 6.58 Å². The summed E-state index contributed by atoms with van der Waals surface area (Å²) in [7, 11) is 0. The SMILES string of the molecule is C=CC1CCC(CN2c3c(nc(C(=N)NC(=O)O)nc3N[C@H](C)C3CCC3)NC2C(C)(F)c2ccccc2)CC1. The van der Waals surface area contributed by atoms with E-state index in [4.69, 9.17) is 5.41 Å². The highest BCUT2D eigenvalue weighted by molar-refractivity contribution is 6.03. The summed E-state index contributed by atoms with van der Waals surface area (Å²) in [5, 5.41) is 26.4. The minimum absolute atomic E-state index is 0.0654. The number of halogens is 1. The quantitative estimate of drug-likeness (QED) is 0.145. The molecule has 2 aromatic rings. The van der Waals surface area contributed by atoms with Gasteiger partial charge in [0.05, 0.1) is 0 Å². The molecule has 1 aliphatic heterocycles. The van der Waals surface area contributed by atoms with E-state index in [-0.39, 0.29) is 11.9 Å². The second kappa shape index (κ2) is 11.4. The lowest BCUT2D eigenvalue weighted by atomic mass is 9.80. The van der Waals surface area contributed by atoms with Crippen molar-refractivity contribution in [2.45, 2.75) is 76.7 Å². The van der Waals surface area contributed by atoms with Crippen molar-refractivity contribution in [2.24, 2.45) is 17.8 Å². The first-order valence-electron chi connectivity index (χ1n) is 14.3. The highest BCUT2D eigenvalue weighted by Gasteiger charge is 2.47. The zero-order chi connectivity index (χ0) is 28.4. The van der Waals surface area contributed by atoms with Gasteiger partial charge in [-0.3, -0.25) is 10.7 Å². The molecule has 2 fully saturated rings. The number of amidine groups is 1. The second-order valence-corrected chi connectivity index (χ2v) is 11.7. The minimum Gasteiger partial charge on any atom is -0.465 e. The molecule has 3 atom stereocenters. The summed E-state index contributed by atoms with van der Waals surface area (Å²) in [6.45, 7) is 8.29. The molecule has 5 N–H and O–H groups in total. The predicted octanol–water partition coefficient (Wildman–Crippen LogP) is 6.11. The number of nitrogens with one attached hydrogen (secondary N) is 4. The number of hydrogen-bond donors (Lipinski definition) is 5. The van der Waals surface area contributed by atoms with Crippen molar-refractivity contribution in [1.82, 2.24) is 15.3 Å². The van der Waals surface area contributed by atoms with Crippen molar-refractivity contribution < 1.29 is 14.3 Å². The Kier molecular flexibility index (Phi) is 7.96. The van der Waals surface area contributed by atoms with E-state index in [2.05, 4.69) is 44.3 Å². The van der Waals surface area contributed by atoms with E-state index < -0.39 is 23.8 Å². The molecule has 2 saturated carbocycles. The molecule has 1 aromatic carbocycles. The maximum absolute atomic E-state index is 16.9. The Balaban J connectivity index is 1.56. The van der Waals surface area contributed by atoms with Crippen molar-refractivity contribution in [3.05, 3.63) is 54.4 Å². The summed E-state index contributed by atoms with van der Waals surface area (Å²) in [4.78, 5) is 22.5. The summed E-state index contributed by atoms with van der Waals surface area (Å²) in [6, 6.07) is 9.23. The Morgan fingerprint density at radius 3 is 2.55 bits per heavy atom. The number of allylic oxidation sites excluding steroid dienone is 1. The molecule has 3 aliphatic rings. The van der Waals surface area contributed by atoms with E-state index in [1.54, 1.807) is 19.1 Å². The minimum atomic E-state index is -1.79. The average Bonchev–Trinajstić information content (AvgIpc) is 3.27. The summed E-state index contributed by atoms with van der Waals surface area (Å²) in [5.41, 5.74) is -0.565. The number of rotatable bonds is 9. The lowest BCUT2D eigenvalue weighted by Crippen LogP contribution is -2.50. The molecule has 0 saturated heterocycles. The molecule has 1 aromatic heterocycles. The number of anilines is 3. The van der Waals surface area contributed by atoms with Crippen LogP contribution < -0.4 is 20.9 Å². The van der Waals surface area contributed by atoms with E-state index in [9.17, 15) is 9.90 Å². The molecular formula is C30H40FN7O2. The number of benzene rings is 1. The zero-order valence-corrected chi connectivity index (χ0v) is 23.3. The van der Waals surface area contributed by atoms with Crippen molar-refractivity contribution in [2.75, 3.05) is 22.1 Å². The van der Waals surface area contributed by atoms with Crippen molar-refractivity contribution >= 4 is 29.3 Å². The van der Waals surface area contributed by atoms with Crippen molar-refractivity contribution in [3.63, 3.8) is 0 Å². The van der Waals surface area contributed by atoms with Crippen molar-refractivity contribution in [3.8, 4) is 0 Å². The van der Waals surface area contributed by atoms with Gasteiger partial charge in [-0.05, 0) is 75.7 Å². The molecule has 10 heteroatoms. The monoisotopic (exact) mass is 549 g/mol. The number of hydrogen-bond acceptors (Lipinski definition) is 7. The molecule has 40 heavy (non-hydrogen) atoms. The van der Waals surface area contributed by atoms with Gasteiger partial charge >= 0.3 is 6.09 Å². The van der Waals surface area contributed by atoms with Crippen LogP contribution in [0.25, 0.3) is 0 Å². The lowest BCUT2D eigenvalue weighted by molar-refractivity contribution is 0.154. The van der Waals surface area contributed by atoms with Gasteiger partial charge in [0.25, 0.3) is 0 Å². The molecule has 2 unspecified atom stereocenters. The summed E-state index contributed by atoms with van der Waals surface area (Å²) in [6.07, 6.45) is 7.52. The van der Waals surface area contributed by atoms with Crippen LogP contribution in [0.1, 0.15) is 70.2 Å². The molecule has 5 rings (SSSR count). The summed E-state index contributed by atoms with van der Waals surface area (Å²) < 4.78 is 16.9. The molecular weight excluding hydrogens is 509 g/mol. The molecule has 214 valence electrons. The third-order valence-electron chi connectivity index (χ3n) is 8.96. The third-order valence-corrected chi connectivity index (χ3v) is 8.96. The van der Waals surface area contributed by atoms with Gasteiger partial charge in [0.2, 0.25) is 0 Å². The van der Waals surface area contributed by atoms with Crippen LogP contribution in [-0.2, 0) is 5.67 Å². The molecule has 0 spiro atoms. The Morgan fingerprint density at radius 1 is 1.25 bits per heavy atom. The maximum Gasteiger partial charge on any atom is 0.410 e. The van der Waals surface area contributed by atoms with Crippen molar-refractivity contribution in [1.29, 1.82) is 5.41 Å². The van der Waals surface area contributed by atoms with Gasteiger partial charge in [-0.1, -0.05) is 42.8 Å². The van der Waals surface area contributed by atoms with Crippen LogP contribution in [0.5, 0.6) is 0 Å². The van der Waals surface area contributed by atoms with Crippen LogP contribution in [0.3, 0.4) is 0 Å². The number of fused-ring (bicyclic) bond motifs is 1. The maximum atomic E-state index is 16.9. The molecule has 0 radical (unpaired) electrons. The lowest BCUT2D eigenvalue weighted by Gasteiger charge is -2.39. The Hall–Kier alpha value is -3.69. The number of nitrogens with zero attached hydrogens (tertiary/aromatic N) is 3. The largest absolute Gasteiger partial charge is 0.465 e. The fourth-order valence-electron chi connectivity index (χ4n) is 6.24. The molecule has 1 amide bonds. The van der Waals surface area contributed by atoms with E-state index >= 15 is 4.39 Å². The van der Waals surface area contributed by atoms with E-state index in [1.807, 2.05) is 24.3 Å². The molecule has 0 bridgehead atoms. The van der Waals surface area contributed by atoms with Crippen LogP contribution in [0.15, 0.2) is 43.0 Å². The number of amides is 1. The standard InChI is InChI=1S/C30H40FN7O2/c1-4-19-13-15-20(16-14-19)17-38-23-25(33-18(2)21-9-8-10-21)35-27(24(32)34-29(39)40)36-26(23)37-28(38)30(3,31)22-11-6-5-7-12-22/h4-7,11-12,18-21,28H,1,8-10,13-17H2,2-3H3,(H2,32,34)(H,39,40)(H2,33,35,36,37)/t18-,19?,20?,28?,30?/m1/s1. The van der Waals surface area contributed by atoms with E-state index in [0.29, 0.717) is 47.2 Å². The molecule has 2 heterocycles. The third kappa shape index (κ3) is 5.62. The van der Waals surface area contributed by atoms with E-state index in [0.717, 1.165) is 38.5 Å². The first-order chi connectivity index (χ1) is 19.2. The normalized spacial score (nSPS) is 24.6. The van der Waals surface area contributed by atoms with Gasteiger partial charge in [0.1, 0.15) is 11.9 Å². The van der Waals surface area contributed by atoms with Crippen LogP contribution in [0.4, 0.5) is 26.5 Å². The fourth-order valence-corrected chi connectivity index (χ4v) is 6.24.